The third-order valence-corrected chi connectivity index (χ3v) is 4.70. The van der Waals surface area contributed by atoms with Gasteiger partial charge in [-0.3, -0.25) is 15.2 Å². The molecule has 7 heteroatoms. The number of amides is 1. The zero-order valence-corrected chi connectivity index (χ0v) is 15.0. The lowest BCUT2D eigenvalue weighted by molar-refractivity contribution is -0.123. The van der Waals surface area contributed by atoms with Crippen molar-refractivity contribution in [1.82, 2.24) is 25.7 Å². The quantitative estimate of drug-likeness (QED) is 0.553. The van der Waals surface area contributed by atoms with Gasteiger partial charge in [0, 0.05) is 30.5 Å². The third-order valence-electron chi connectivity index (χ3n) is 4.70. The molecule has 1 amide bonds. The summed E-state index contributed by atoms with van der Waals surface area (Å²) in [6.07, 6.45) is 6.18. The molecular weight excluding hydrogens is 342 g/mol. The second kappa shape index (κ2) is 8.20. The van der Waals surface area contributed by atoms with Crippen LogP contribution >= 0.6 is 0 Å². The molecule has 0 aliphatic carbocycles. The summed E-state index contributed by atoms with van der Waals surface area (Å²) in [5.74, 6) is 0.684. The van der Waals surface area contributed by atoms with E-state index in [0.29, 0.717) is 18.9 Å². The van der Waals surface area contributed by atoms with E-state index >= 15 is 0 Å². The van der Waals surface area contributed by atoms with Gasteiger partial charge < -0.3 is 14.6 Å². The number of hydrazine groups is 1. The maximum atomic E-state index is 12.3. The molecule has 1 fully saturated rings. The predicted molar refractivity (Wildman–Crippen MR) is 103 cm³/mol. The van der Waals surface area contributed by atoms with Gasteiger partial charge in [0.25, 0.3) is 0 Å². The number of carbonyl (C=O) groups excluding carboxylic acids is 1. The number of fused-ring (bicyclic) bond motifs is 1. The van der Waals surface area contributed by atoms with Gasteiger partial charge in [-0.15, -0.1) is 0 Å². The Morgan fingerprint density at radius 3 is 3.04 bits per heavy atom. The predicted octanol–water partition coefficient (Wildman–Crippen LogP) is 1.47. The molecule has 3 heterocycles. The summed E-state index contributed by atoms with van der Waals surface area (Å²) in [7, 11) is 0. The number of aromatic nitrogens is 2. The Bertz CT molecular complexity index is 896. The average Bonchev–Trinajstić information content (AvgIpc) is 3.34. The Morgan fingerprint density at radius 1 is 1.22 bits per heavy atom. The van der Waals surface area contributed by atoms with E-state index < -0.39 is 0 Å². The van der Waals surface area contributed by atoms with Crippen molar-refractivity contribution in [1.29, 1.82) is 0 Å². The van der Waals surface area contributed by atoms with Crippen LogP contribution in [0.4, 0.5) is 0 Å². The fourth-order valence-electron chi connectivity index (χ4n) is 3.35. The highest BCUT2D eigenvalue weighted by Gasteiger charge is 2.29. The molecule has 0 spiro atoms. The first-order chi connectivity index (χ1) is 13.3. The molecule has 2 atom stereocenters. The fourth-order valence-corrected chi connectivity index (χ4v) is 3.35. The third kappa shape index (κ3) is 4.27. The van der Waals surface area contributed by atoms with Gasteiger partial charge in [0.2, 0.25) is 5.91 Å². The molecule has 27 heavy (non-hydrogen) atoms. The van der Waals surface area contributed by atoms with Gasteiger partial charge in [0.1, 0.15) is 18.4 Å². The number of hydrogen-bond acceptors (Lipinski definition) is 5. The van der Waals surface area contributed by atoms with Gasteiger partial charge >= 0.3 is 0 Å². The number of pyridine rings is 1. The van der Waals surface area contributed by atoms with E-state index in [2.05, 4.69) is 50.1 Å². The van der Waals surface area contributed by atoms with Crippen molar-refractivity contribution in [2.45, 2.75) is 25.0 Å². The Hall–Kier alpha value is -2.90. The van der Waals surface area contributed by atoms with E-state index in [0.717, 1.165) is 13.0 Å². The number of benzene rings is 1. The van der Waals surface area contributed by atoms with Crippen LogP contribution in [0.1, 0.15) is 6.42 Å². The summed E-state index contributed by atoms with van der Waals surface area (Å²) >= 11 is 0. The minimum absolute atomic E-state index is 0.0165. The Balaban J connectivity index is 1.22. The van der Waals surface area contributed by atoms with Crippen molar-refractivity contribution in [3.63, 3.8) is 0 Å². The molecular formula is C20H23N5O2. The number of rotatable bonds is 7. The highest BCUT2D eigenvalue weighted by molar-refractivity contribution is 5.82. The van der Waals surface area contributed by atoms with Crippen molar-refractivity contribution in [3.05, 3.63) is 61.1 Å². The lowest BCUT2D eigenvalue weighted by atomic mass is 10.1. The van der Waals surface area contributed by atoms with Crippen LogP contribution < -0.4 is 20.9 Å². The Labute approximate surface area is 157 Å². The number of carbonyl (C=O) groups is 1. The van der Waals surface area contributed by atoms with E-state index in [4.69, 9.17) is 4.74 Å². The lowest BCUT2D eigenvalue weighted by Crippen LogP contribution is -2.44. The van der Waals surface area contributed by atoms with E-state index in [1.165, 1.54) is 10.9 Å². The number of para-hydroxylation sites is 1. The van der Waals surface area contributed by atoms with Crippen molar-refractivity contribution in [2.24, 2.45) is 0 Å². The lowest BCUT2D eigenvalue weighted by Gasteiger charge is -2.12. The number of hydrogen-bond donors (Lipinski definition) is 3. The molecule has 2 unspecified atom stereocenters. The number of ether oxygens (including phenoxy) is 1. The molecule has 7 nitrogen and oxygen atoms in total. The zero-order valence-electron chi connectivity index (χ0n) is 15.0. The molecule has 140 valence electrons. The van der Waals surface area contributed by atoms with Gasteiger partial charge in [0.05, 0.1) is 12.7 Å². The summed E-state index contributed by atoms with van der Waals surface area (Å²) in [6, 6.07) is 14.0. The van der Waals surface area contributed by atoms with Gasteiger partial charge in [-0.1, -0.05) is 18.2 Å². The minimum atomic E-state index is -0.241. The Morgan fingerprint density at radius 2 is 2.15 bits per heavy atom. The summed E-state index contributed by atoms with van der Waals surface area (Å²) < 4.78 is 7.75. The summed E-state index contributed by atoms with van der Waals surface area (Å²) in [6.45, 7) is 1.68. The van der Waals surface area contributed by atoms with Crippen LogP contribution in [0.2, 0.25) is 0 Å². The molecule has 0 radical (unpaired) electrons. The summed E-state index contributed by atoms with van der Waals surface area (Å²) in [5.41, 5.74) is 7.54. The Kier molecular flexibility index (Phi) is 5.32. The van der Waals surface area contributed by atoms with E-state index in [1.807, 2.05) is 24.3 Å². The van der Waals surface area contributed by atoms with Crippen LogP contribution in [0.25, 0.3) is 10.9 Å². The largest absolute Gasteiger partial charge is 0.490 e. The molecule has 2 aromatic heterocycles. The number of nitrogens with zero attached hydrogens (tertiary/aromatic N) is 2. The highest BCUT2D eigenvalue weighted by atomic mass is 16.5. The second-order valence-electron chi connectivity index (χ2n) is 6.63. The van der Waals surface area contributed by atoms with E-state index in [1.54, 1.807) is 12.4 Å². The van der Waals surface area contributed by atoms with Crippen LogP contribution in [0, 0.1) is 0 Å². The number of nitrogens with one attached hydrogen (secondary N) is 3. The molecule has 1 saturated heterocycles. The standard InChI is InChI=1S/C20H23N5O2/c26-20(22-9-11-27-17-5-3-8-21-13-17)18-12-16(23-24-18)14-25-10-7-15-4-1-2-6-19(15)25/h1-8,10,13,16,18,23-24H,9,11-12,14H2,(H,22,26). The SMILES string of the molecule is O=C(NCCOc1cccnc1)C1CC(Cn2ccc3ccccc32)NN1. The van der Waals surface area contributed by atoms with Gasteiger partial charge in [-0.2, -0.15) is 0 Å². The van der Waals surface area contributed by atoms with Crippen molar-refractivity contribution < 1.29 is 9.53 Å². The molecule has 3 aromatic rings. The van der Waals surface area contributed by atoms with Crippen molar-refractivity contribution in [2.75, 3.05) is 13.2 Å². The first kappa shape index (κ1) is 17.5. The summed E-state index contributed by atoms with van der Waals surface area (Å²) in [5, 5.41) is 4.14. The van der Waals surface area contributed by atoms with Crippen molar-refractivity contribution in [3.8, 4) is 5.75 Å². The molecule has 0 saturated carbocycles. The summed E-state index contributed by atoms with van der Waals surface area (Å²) in [4.78, 5) is 16.3. The molecule has 1 aliphatic rings. The minimum Gasteiger partial charge on any atom is -0.490 e. The van der Waals surface area contributed by atoms with Gasteiger partial charge in [-0.05, 0) is 36.1 Å². The smallest absolute Gasteiger partial charge is 0.238 e. The molecule has 1 aliphatic heterocycles. The van der Waals surface area contributed by atoms with Crippen LogP contribution in [0.5, 0.6) is 5.75 Å². The van der Waals surface area contributed by atoms with E-state index in [9.17, 15) is 4.79 Å². The zero-order chi connectivity index (χ0) is 18.5. The highest BCUT2D eigenvalue weighted by Crippen LogP contribution is 2.17. The average molecular weight is 365 g/mol. The van der Waals surface area contributed by atoms with Gasteiger partial charge in [-0.25, -0.2) is 5.43 Å². The fraction of sp³-hybridized carbons (Fsp3) is 0.300. The maximum absolute atomic E-state index is 12.3. The monoisotopic (exact) mass is 365 g/mol. The van der Waals surface area contributed by atoms with Crippen LogP contribution in [0.3, 0.4) is 0 Å². The van der Waals surface area contributed by atoms with E-state index in [-0.39, 0.29) is 18.0 Å². The molecule has 0 bridgehead atoms. The molecule has 4 rings (SSSR count). The van der Waals surface area contributed by atoms with Gasteiger partial charge in [0.15, 0.2) is 0 Å². The second-order valence-corrected chi connectivity index (χ2v) is 6.63. The normalized spacial score (nSPS) is 19.3. The maximum Gasteiger partial charge on any atom is 0.238 e. The molecule has 1 aromatic carbocycles. The first-order valence-corrected chi connectivity index (χ1v) is 9.15. The molecule has 3 N–H and O–H groups in total. The van der Waals surface area contributed by atoms with Crippen LogP contribution in [-0.2, 0) is 11.3 Å². The topological polar surface area (TPSA) is 80.2 Å². The van der Waals surface area contributed by atoms with Crippen LogP contribution in [0.15, 0.2) is 61.1 Å². The first-order valence-electron chi connectivity index (χ1n) is 9.15. The van der Waals surface area contributed by atoms with Crippen LogP contribution in [-0.4, -0.2) is 40.7 Å². The van der Waals surface area contributed by atoms with Crippen molar-refractivity contribution >= 4 is 16.8 Å².